The lowest BCUT2D eigenvalue weighted by Crippen LogP contribution is -2.43. The van der Waals surface area contributed by atoms with E-state index in [2.05, 4.69) is 30.7 Å². The highest BCUT2D eigenvalue weighted by atomic mass is 19.1. The van der Waals surface area contributed by atoms with Gasteiger partial charge in [0.25, 0.3) is 5.91 Å². The molecule has 1 saturated heterocycles. The van der Waals surface area contributed by atoms with Gasteiger partial charge in [-0.25, -0.2) is 13.8 Å². The van der Waals surface area contributed by atoms with Gasteiger partial charge in [0, 0.05) is 60.9 Å². The molecule has 3 aromatic heterocycles. The summed E-state index contributed by atoms with van der Waals surface area (Å²) in [6.45, 7) is 5.22. The number of imidazole rings is 1. The van der Waals surface area contributed by atoms with Crippen LogP contribution < -0.4 is 15.5 Å². The topological polar surface area (TPSA) is 101 Å². The number of carbonyl (C=O) groups is 1. The predicted octanol–water partition coefficient (Wildman–Crippen LogP) is 3.32. The number of anilines is 2. The first kappa shape index (κ1) is 21.7. The molecule has 4 aromatic rings. The Labute approximate surface area is 199 Å². The van der Waals surface area contributed by atoms with Crippen molar-refractivity contribution in [2.24, 2.45) is 0 Å². The molecule has 1 amide bonds. The lowest BCUT2D eigenvalue weighted by atomic mass is 10.1. The molecule has 11 heteroatoms. The Hall–Kier alpha value is -3.86. The fraction of sp³-hybridized carbons (Fsp3) is 0.333. The predicted molar refractivity (Wildman–Crippen MR) is 125 cm³/mol. The number of halogens is 2. The highest BCUT2D eigenvalue weighted by Gasteiger charge is 2.43. The summed E-state index contributed by atoms with van der Waals surface area (Å²) in [5, 5.41) is 9.96. The molecule has 6 rings (SSSR count). The minimum Gasteiger partial charge on any atom is -0.369 e. The van der Waals surface area contributed by atoms with E-state index in [0.29, 0.717) is 23.3 Å². The number of rotatable bonds is 5. The molecule has 0 radical (unpaired) electrons. The zero-order valence-electron chi connectivity index (χ0n) is 19.0. The second-order valence-corrected chi connectivity index (χ2v) is 8.89. The van der Waals surface area contributed by atoms with Crippen molar-refractivity contribution in [1.82, 2.24) is 24.8 Å². The van der Waals surface area contributed by atoms with Crippen molar-refractivity contribution in [2.75, 3.05) is 36.4 Å². The molecule has 9 nitrogen and oxygen atoms in total. The number of fused-ring (bicyclic) bond motifs is 1. The maximum absolute atomic E-state index is 14.7. The average Bonchev–Trinajstić information content (AvgIpc) is 3.25. The minimum atomic E-state index is -0.980. The summed E-state index contributed by atoms with van der Waals surface area (Å²) < 4.78 is 34.9. The molecule has 180 valence electrons. The van der Waals surface area contributed by atoms with Gasteiger partial charge in [-0.05, 0) is 31.5 Å². The van der Waals surface area contributed by atoms with Crippen LogP contribution in [0.25, 0.3) is 17.0 Å². The second kappa shape index (κ2) is 8.42. The van der Waals surface area contributed by atoms with Gasteiger partial charge in [0.15, 0.2) is 0 Å². The van der Waals surface area contributed by atoms with Gasteiger partial charge >= 0.3 is 0 Å². The molecule has 1 unspecified atom stereocenters. The molecule has 1 saturated carbocycles. The standard InChI is InChI=1S/C24H23F2N7O2/c1-13-17(25)8-14(22-30-24(35-31-22)16-11-18(16)26)9-19(13)29-23(34)20-12-28-21-10-15(2-5-33(20)21)32-6-3-27-4-7-32/h2,5,8-10,12,16,18,27H,3-4,6-7,11H2,1H3,(H,29,34)/t16-,18?/m1/s1. The van der Waals surface area contributed by atoms with Crippen LogP contribution in [0.15, 0.2) is 41.2 Å². The molecule has 2 atom stereocenters. The highest BCUT2D eigenvalue weighted by molar-refractivity contribution is 6.04. The highest BCUT2D eigenvalue weighted by Crippen LogP contribution is 2.43. The van der Waals surface area contributed by atoms with Crippen molar-refractivity contribution >= 4 is 22.9 Å². The lowest BCUT2D eigenvalue weighted by Gasteiger charge is -2.29. The van der Waals surface area contributed by atoms with Crippen molar-refractivity contribution in [2.45, 2.75) is 25.4 Å². The van der Waals surface area contributed by atoms with Crippen LogP contribution >= 0.6 is 0 Å². The molecular weight excluding hydrogens is 456 g/mol. The summed E-state index contributed by atoms with van der Waals surface area (Å²) in [5.74, 6) is -1.02. The third-order valence-electron chi connectivity index (χ3n) is 6.53. The number of amides is 1. The lowest BCUT2D eigenvalue weighted by molar-refractivity contribution is 0.102. The van der Waals surface area contributed by atoms with E-state index in [0.717, 1.165) is 31.9 Å². The average molecular weight is 479 g/mol. The Bertz CT molecular complexity index is 1430. The van der Waals surface area contributed by atoms with Crippen LogP contribution in [0, 0.1) is 12.7 Å². The van der Waals surface area contributed by atoms with Crippen molar-refractivity contribution in [3.8, 4) is 11.4 Å². The zero-order valence-corrected chi connectivity index (χ0v) is 19.0. The van der Waals surface area contributed by atoms with Crippen LogP contribution in [0.3, 0.4) is 0 Å². The van der Waals surface area contributed by atoms with Crippen LogP contribution in [0.2, 0.25) is 0 Å². The molecule has 0 bridgehead atoms. The Morgan fingerprint density at radius 3 is 2.83 bits per heavy atom. The molecular formula is C24H23F2N7O2. The minimum absolute atomic E-state index is 0.142. The molecule has 2 N–H and O–H groups in total. The number of hydrogen-bond acceptors (Lipinski definition) is 7. The van der Waals surface area contributed by atoms with Crippen LogP contribution in [0.4, 0.5) is 20.2 Å². The maximum atomic E-state index is 14.7. The van der Waals surface area contributed by atoms with Gasteiger partial charge in [-0.3, -0.25) is 9.20 Å². The Balaban J connectivity index is 1.26. The third kappa shape index (κ3) is 4.01. The Kier molecular flexibility index (Phi) is 5.21. The summed E-state index contributed by atoms with van der Waals surface area (Å²) >= 11 is 0. The number of hydrogen-bond donors (Lipinski definition) is 2. The normalized spacial score (nSPS) is 19.8. The second-order valence-electron chi connectivity index (χ2n) is 8.89. The summed E-state index contributed by atoms with van der Waals surface area (Å²) in [5.41, 5.74) is 2.89. The summed E-state index contributed by atoms with van der Waals surface area (Å²) in [6.07, 6.45) is 2.68. The maximum Gasteiger partial charge on any atom is 0.274 e. The first-order valence-corrected chi connectivity index (χ1v) is 11.5. The van der Waals surface area contributed by atoms with E-state index in [4.69, 9.17) is 4.52 Å². The van der Waals surface area contributed by atoms with E-state index in [1.165, 1.54) is 12.3 Å². The molecule has 2 aliphatic rings. The van der Waals surface area contributed by atoms with E-state index < -0.39 is 23.8 Å². The molecule has 2 fully saturated rings. The molecule has 1 aliphatic heterocycles. The van der Waals surface area contributed by atoms with E-state index in [1.54, 1.807) is 17.4 Å². The quantitative estimate of drug-likeness (QED) is 0.453. The molecule has 4 heterocycles. The molecule has 1 aliphatic carbocycles. The SMILES string of the molecule is Cc1c(F)cc(-c2noc([C@@H]3CC3F)n2)cc1NC(=O)c1cnc2cc(N3CCNCC3)ccn12. The largest absolute Gasteiger partial charge is 0.369 e. The summed E-state index contributed by atoms with van der Waals surface area (Å²) in [4.78, 5) is 24.0. The first-order chi connectivity index (χ1) is 17.0. The number of benzene rings is 1. The number of alkyl halides is 1. The van der Waals surface area contributed by atoms with Crippen molar-refractivity contribution in [3.63, 3.8) is 0 Å². The van der Waals surface area contributed by atoms with Gasteiger partial charge in [0.1, 0.15) is 23.3 Å². The van der Waals surface area contributed by atoms with Gasteiger partial charge in [0.05, 0.1) is 12.1 Å². The van der Waals surface area contributed by atoms with Crippen LogP contribution in [-0.2, 0) is 0 Å². The molecule has 0 spiro atoms. The number of nitrogens with zero attached hydrogens (tertiary/aromatic N) is 5. The van der Waals surface area contributed by atoms with Crippen molar-refractivity contribution < 1.29 is 18.1 Å². The smallest absolute Gasteiger partial charge is 0.274 e. The zero-order chi connectivity index (χ0) is 24.1. The Morgan fingerprint density at radius 2 is 2.06 bits per heavy atom. The first-order valence-electron chi connectivity index (χ1n) is 11.5. The fourth-order valence-electron chi connectivity index (χ4n) is 4.30. The van der Waals surface area contributed by atoms with Gasteiger partial charge in [-0.1, -0.05) is 5.16 Å². The van der Waals surface area contributed by atoms with E-state index in [-0.39, 0.29) is 23.0 Å². The summed E-state index contributed by atoms with van der Waals surface area (Å²) in [7, 11) is 0. The van der Waals surface area contributed by atoms with E-state index >= 15 is 0 Å². The molecule has 35 heavy (non-hydrogen) atoms. The fourth-order valence-corrected chi connectivity index (χ4v) is 4.30. The van der Waals surface area contributed by atoms with E-state index in [9.17, 15) is 13.6 Å². The van der Waals surface area contributed by atoms with Crippen LogP contribution in [0.1, 0.15) is 34.3 Å². The van der Waals surface area contributed by atoms with Crippen LogP contribution in [0.5, 0.6) is 0 Å². The third-order valence-corrected chi connectivity index (χ3v) is 6.53. The van der Waals surface area contributed by atoms with Gasteiger partial charge in [0.2, 0.25) is 11.7 Å². The number of carbonyl (C=O) groups excluding carboxylic acids is 1. The van der Waals surface area contributed by atoms with E-state index in [1.807, 2.05) is 18.3 Å². The summed E-state index contributed by atoms with van der Waals surface area (Å²) in [6, 6.07) is 6.75. The number of nitrogens with one attached hydrogen (secondary N) is 2. The monoisotopic (exact) mass is 479 g/mol. The Morgan fingerprint density at radius 1 is 1.26 bits per heavy atom. The van der Waals surface area contributed by atoms with Crippen LogP contribution in [-0.4, -0.2) is 57.8 Å². The van der Waals surface area contributed by atoms with Gasteiger partial charge in [-0.2, -0.15) is 4.98 Å². The van der Waals surface area contributed by atoms with Crippen molar-refractivity contribution in [1.29, 1.82) is 0 Å². The number of piperazine rings is 1. The number of pyridine rings is 1. The number of aromatic nitrogens is 4. The van der Waals surface area contributed by atoms with Crippen molar-refractivity contribution in [3.05, 3.63) is 59.6 Å². The molecule has 1 aromatic carbocycles. The van der Waals surface area contributed by atoms with Gasteiger partial charge < -0.3 is 20.1 Å². The van der Waals surface area contributed by atoms with Gasteiger partial charge in [-0.15, -0.1) is 0 Å².